The molecule has 3 nitrogen and oxygen atoms in total. The minimum Gasteiger partial charge on any atom is -0.480 e. The van der Waals surface area contributed by atoms with Gasteiger partial charge in [0.25, 0.3) is 5.91 Å². The van der Waals surface area contributed by atoms with E-state index in [1.807, 2.05) is 37.8 Å². The van der Waals surface area contributed by atoms with Crippen molar-refractivity contribution < 1.29 is 9.53 Å². The minimum absolute atomic E-state index is 0.140. The lowest BCUT2D eigenvalue weighted by atomic mass is 10.1. The van der Waals surface area contributed by atoms with Crippen LogP contribution >= 0.6 is 0 Å². The Balaban J connectivity index is 2.09. The van der Waals surface area contributed by atoms with Crippen molar-refractivity contribution in [1.29, 1.82) is 0 Å². The Labute approximate surface area is 115 Å². The van der Waals surface area contributed by atoms with Gasteiger partial charge in [0.2, 0.25) is 0 Å². The Morgan fingerprint density at radius 2 is 2.00 bits per heavy atom. The number of ether oxygens (including phenoxy) is 1. The number of aryl methyl sites for hydroxylation is 2. The second-order valence-corrected chi connectivity index (χ2v) is 5.32. The molecule has 104 valence electrons. The maximum atomic E-state index is 12.4. The molecule has 1 fully saturated rings. The van der Waals surface area contributed by atoms with E-state index in [2.05, 4.69) is 6.07 Å². The fraction of sp³-hybridized carbons (Fsp3) is 0.562. The highest BCUT2D eigenvalue weighted by Gasteiger charge is 2.26. The van der Waals surface area contributed by atoms with Crippen LogP contribution in [-0.2, 0) is 4.79 Å². The molecule has 0 bridgehead atoms. The van der Waals surface area contributed by atoms with Gasteiger partial charge in [-0.2, -0.15) is 0 Å². The molecule has 19 heavy (non-hydrogen) atoms. The average Bonchev–Trinajstić information content (AvgIpc) is 2.93. The maximum Gasteiger partial charge on any atom is 0.263 e. The molecule has 0 saturated carbocycles. The van der Waals surface area contributed by atoms with Gasteiger partial charge in [0.05, 0.1) is 0 Å². The summed E-state index contributed by atoms with van der Waals surface area (Å²) in [6.45, 7) is 7.82. The van der Waals surface area contributed by atoms with Crippen LogP contribution < -0.4 is 4.74 Å². The monoisotopic (exact) mass is 261 g/mol. The Bertz CT molecular complexity index is 450. The first-order chi connectivity index (χ1) is 9.11. The highest BCUT2D eigenvalue weighted by Crippen LogP contribution is 2.22. The predicted octanol–water partition coefficient (Wildman–Crippen LogP) is 3.08. The molecular weight excluding hydrogens is 238 g/mol. The zero-order chi connectivity index (χ0) is 13.8. The molecule has 0 aliphatic carbocycles. The van der Waals surface area contributed by atoms with E-state index in [0.29, 0.717) is 6.42 Å². The third-order valence-electron chi connectivity index (χ3n) is 3.68. The number of nitrogens with zero attached hydrogens (tertiary/aromatic N) is 1. The van der Waals surface area contributed by atoms with Crippen molar-refractivity contribution >= 4 is 5.91 Å². The summed E-state index contributed by atoms with van der Waals surface area (Å²) in [4.78, 5) is 14.3. The van der Waals surface area contributed by atoms with Gasteiger partial charge in [-0.1, -0.05) is 19.1 Å². The molecule has 1 heterocycles. The quantitative estimate of drug-likeness (QED) is 0.833. The van der Waals surface area contributed by atoms with Gasteiger partial charge in [0.15, 0.2) is 6.10 Å². The van der Waals surface area contributed by atoms with Gasteiger partial charge in [0.1, 0.15) is 5.75 Å². The van der Waals surface area contributed by atoms with Gasteiger partial charge in [-0.15, -0.1) is 0 Å². The van der Waals surface area contributed by atoms with Crippen molar-refractivity contribution in [3.8, 4) is 5.75 Å². The van der Waals surface area contributed by atoms with Crippen LogP contribution in [0.25, 0.3) is 0 Å². The Morgan fingerprint density at radius 3 is 2.63 bits per heavy atom. The second-order valence-electron chi connectivity index (χ2n) is 5.32. The number of hydrogen-bond donors (Lipinski definition) is 0. The van der Waals surface area contributed by atoms with Gasteiger partial charge in [0, 0.05) is 13.1 Å². The Hall–Kier alpha value is -1.51. The molecule has 0 radical (unpaired) electrons. The normalized spacial score (nSPS) is 16.5. The zero-order valence-electron chi connectivity index (χ0n) is 12.1. The van der Waals surface area contributed by atoms with Crippen molar-refractivity contribution in [3.05, 3.63) is 29.3 Å². The SMILES string of the molecule is CC[C@@H](Oc1cc(C)ccc1C)C(=O)N1CCCC1. The van der Waals surface area contributed by atoms with E-state index in [-0.39, 0.29) is 12.0 Å². The van der Waals surface area contributed by atoms with Gasteiger partial charge in [-0.3, -0.25) is 4.79 Å². The van der Waals surface area contributed by atoms with E-state index in [4.69, 9.17) is 4.74 Å². The summed E-state index contributed by atoms with van der Waals surface area (Å²) >= 11 is 0. The summed E-state index contributed by atoms with van der Waals surface area (Å²) in [5, 5.41) is 0. The van der Waals surface area contributed by atoms with Crippen molar-refractivity contribution in [1.82, 2.24) is 4.90 Å². The van der Waals surface area contributed by atoms with Crippen LogP contribution in [0.1, 0.15) is 37.3 Å². The summed E-state index contributed by atoms with van der Waals surface area (Å²) in [7, 11) is 0. The Kier molecular flexibility index (Phi) is 4.46. The van der Waals surface area contributed by atoms with Crippen LogP contribution in [0.4, 0.5) is 0 Å². The first-order valence-electron chi connectivity index (χ1n) is 7.14. The van der Waals surface area contributed by atoms with Crippen molar-refractivity contribution in [3.63, 3.8) is 0 Å². The number of benzene rings is 1. The lowest BCUT2D eigenvalue weighted by Gasteiger charge is -2.24. The maximum absolute atomic E-state index is 12.4. The van der Waals surface area contributed by atoms with Gasteiger partial charge >= 0.3 is 0 Å². The van der Waals surface area contributed by atoms with Crippen LogP contribution in [0.5, 0.6) is 5.75 Å². The number of carbonyl (C=O) groups is 1. The molecule has 1 aromatic carbocycles. The molecule has 0 N–H and O–H groups in total. The molecule has 1 aliphatic rings. The van der Waals surface area contributed by atoms with Gasteiger partial charge < -0.3 is 9.64 Å². The topological polar surface area (TPSA) is 29.5 Å². The summed E-state index contributed by atoms with van der Waals surface area (Å²) in [5.41, 5.74) is 2.24. The molecule has 0 unspecified atom stereocenters. The second kappa shape index (κ2) is 6.09. The van der Waals surface area contributed by atoms with E-state index >= 15 is 0 Å². The molecule has 1 aliphatic heterocycles. The first kappa shape index (κ1) is 13.9. The number of rotatable bonds is 4. The number of amides is 1. The Morgan fingerprint density at radius 1 is 1.32 bits per heavy atom. The summed E-state index contributed by atoms with van der Waals surface area (Å²) in [6, 6.07) is 6.11. The zero-order valence-corrected chi connectivity index (χ0v) is 12.1. The number of hydrogen-bond acceptors (Lipinski definition) is 2. The van der Waals surface area contributed by atoms with Crippen LogP contribution in [0.3, 0.4) is 0 Å². The van der Waals surface area contributed by atoms with Crippen LogP contribution in [0.2, 0.25) is 0 Å². The summed E-state index contributed by atoms with van der Waals surface area (Å²) in [6.07, 6.45) is 2.60. The third-order valence-corrected chi connectivity index (χ3v) is 3.68. The number of likely N-dealkylation sites (tertiary alicyclic amines) is 1. The molecule has 1 atom stereocenters. The molecule has 3 heteroatoms. The van der Waals surface area contributed by atoms with Crippen LogP contribution in [0.15, 0.2) is 18.2 Å². The van der Waals surface area contributed by atoms with Crippen LogP contribution in [-0.4, -0.2) is 30.0 Å². The molecule has 1 amide bonds. The third kappa shape index (κ3) is 3.28. The van der Waals surface area contributed by atoms with E-state index in [1.165, 1.54) is 0 Å². The first-order valence-corrected chi connectivity index (χ1v) is 7.14. The molecule has 1 saturated heterocycles. The summed E-state index contributed by atoms with van der Waals surface area (Å²) in [5.74, 6) is 0.973. The van der Waals surface area contributed by atoms with Crippen molar-refractivity contribution in [2.45, 2.75) is 46.1 Å². The van der Waals surface area contributed by atoms with E-state index < -0.39 is 0 Å². The predicted molar refractivity (Wildman–Crippen MR) is 76.4 cm³/mol. The van der Waals surface area contributed by atoms with E-state index in [1.54, 1.807) is 0 Å². The fourth-order valence-electron chi connectivity index (χ4n) is 2.44. The molecule has 0 spiro atoms. The highest BCUT2D eigenvalue weighted by molar-refractivity contribution is 5.81. The number of carbonyl (C=O) groups excluding carboxylic acids is 1. The van der Waals surface area contributed by atoms with Crippen LogP contribution in [0, 0.1) is 13.8 Å². The average molecular weight is 261 g/mol. The molecule has 2 rings (SSSR count). The van der Waals surface area contributed by atoms with Gasteiger partial charge in [-0.05, 0) is 50.3 Å². The van der Waals surface area contributed by atoms with Crippen molar-refractivity contribution in [2.24, 2.45) is 0 Å². The largest absolute Gasteiger partial charge is 0.480 e. The summed E-state index contributed by atoms with van der Waals surface area (Å²) < 4.78 is 5.96. The standard InChI is InChI=1S/C16H23NO2/c1-4-14(16(18)17-9-5-6-10-17)19-15-11-12(2)7-8-13(15)3/h7-8,11,14H,4-6,9-10H2,1-3H3/t14-/m1/s1. The van der Waals surface area contributed by atoms with Gasteiger partial charge in [-0.25, -0.2) is 0 Å². The molecule has 0 aromatic heterocycles. The lowest BCUT2D eigenvalue weighted by molar-refractivity contribution is -0.137. The van der Waals surface area contributed by atoms with Crippen molar-refractivity contribution in [2.75, 3.05) is 13.1 Å². The highest BCUT2D eigenvalue weighted by atomic mass is 16.5. The molecule has 1 aromatic rings. The minimum atomic E-state index is -0.349. The smallest absolute Gasteiger partial charge is 0.263 e. The fourth-order valence-corrected chi connectivity index (χ4v) is 2.44. The molecular formula is C16H23NO2. The lowest BCUT2D eigenvalue weighted by Crippen LogP contribution is -2.40. The van der Waals surface area contributed by atoms with E-state index in [9.17, 15) is 4.79 Å². The van der Waals surface area contributed by atoms with E-state index in [0.717, 1.165) is 42.8 Å².